The summed E-state index contributed by atoms with van der Waals surface area (Å²) in [6, 6.07) is 16.1. The lowest BCUT2D eigenvalue weighted by molar-refractivity contribution is 0.1000. The Hall–Kier alpha value is -2.21. The van der Waals surface area contributed by atoms with Gasteiger partial charge in [-0.25, -0.2) is 0 Å². The van der Waals surface area contributed by atoms with Gasteiger partial charge in [-0.15, -0.1) is 0 Å². The summed E-state index contributed by atoms with van der Waals surface area (Å²) >= 11 is 0. The van der Waals surface area contributed by atoms with Crippen LogP contribution in [0, 0.1) is 0 Å². The number of hydrogen-bond acceptors (Lipinski definition) is 4. The molecule has 1 aliphatic rings. The van der Waals surface area contributed by atoms with Crippen molar-refractivity contribution in [1.82, 2.24) is 15.1 Å². The maximum absolute atomic E-state index is 11.3. The quantitative estimate of drug-likeness (QED) is 0.752. The van der Waals surface area contributed by atoms with Crippen LogP contribution in [-0.2, 0) is 19.6 Å². The van der Waals surface area contributed by atoms with Crippen LogP contribution in [-0.4, -0.2) is 48.4 Å². The standard InChI is InChI=1S/C22H30N4O/c1-2-25-10-12-26(13-11-25)17-21-8-4-3-7-20(21)16-24-15-18-6-5-9-19(14-18)22(23)27/h3-9,14,24H,2,10-13,15-17H2,1H3,(H2,23,27). The Morgan fingerprint density at radius 3 is 2.37 bits per heavy atom. The Morgan fingerprint density at radius 1 is 0.963 bits per heavy atom. The van der Waals surface area contributed by atoms with Crippen LogP contribution in [0.15, 0.2) is 48.5 Å². The van der Waals surface area contributed by atoms with Gasteiger partial charge in [-0.1, -0.05) is 43.3 Å². The number of nitrogens with one attached hydrogen (secondary N) is 1. The molecule has 1 aliphatic heterocycles. The van der Waals surface area contributed by atoms with E-state index in [0.29, 0.717) is 12.1 Å². The number of nitrogens with two attached hydrogens (primary N) is 1. The van der Waals surface area contributed by atoms with Crippen LogP contribution < -0.4 is 11.1 Å². The highest BCUT2D eigenvalue weighted by molar-refractivity contribution is 5.92. The fraction of sp³-hybridized carbons (Fsp3) is 0.409. The topological polar surface area (TPSA) is 61.6 Å². The molecular weight excluding hydrogens is 336 g/mol. The molecule has 3 N–H and O–H groups in total. The Kier molecular flexibility index (Phi) is 6.98. The van der Waals surface area contributed by atoms with Gasteiger partial charge in [0.1, 0.15) is 0 Å². The molecule has 144 valence electrons. The lowest BCUT2D eigenvalue weighted by Gasteiger charge is -2.34. The molecule has 2 aromatic rings. The summed E-state index contributed by atoms with van der Waals surface area (Å²) in [4.78, 5) is 16.4. The van der Waals surface area contributed by atoms with Crippen molar-refractivity contribution in [2.45, 2.75) is 26.6 Å². The third-order valence-electron chi connectivity index (χ3n) is 5.28. The van der Waals surface area contributed by atoms with Gasteiger partial charge in [0.25, 0.3) is 0 Å². The number of carbonyl (C=O) groups is 1. The van der Waals surface area contributed by atoms with Gasteiger partial charge in [-0.05, 0) is 35.4 Å². The van der Waals surface area contributed by atoms with E-state index in [9.17, 15) is 4.79 Å². The molecule has 0 bridgehead atoms. The van der Waals surface area contributed by atoms with Crippen molar-refractivity contribution in [2.75, 3.05) is 32.7 Å². The highest BCUT2D eigenvalue weighted by atomic mass is 16.1. The fourth-order valence-electron chi connectivity index (χ4n) is 3.56. The first kappa shape index (κ1) is 19.5. The molecule has 27 heavy (non-hydrogen) atoms. The molecule has 0 aromatic heterocycles. The zero-order valence-electron chi connectivity index (χ0n) is 16.2. The predicted octanol–water partition coefficient (Wildman–Crippen LogP) is 2.21. The van der Waals surface area contributed by atoms with Gasteiger partial charge >= 0.3 is 0 Å². The van der Waals surface area contributed by atoms with Gasteiger partial charge in [0.05, 0.1) is 0 Å². The summed E-state index contributed by atoms with van der Waals surface area (Å²) < 4.78 is 0. The number of carbonyl (C=O) groups excluding carboxylic acids is 1. The molecule has 0 unspecified atom stereocenters. The summed E-state index contributed by atoms with van der Waals surface area (Å²) in [5, 5.41) is 3.50. The van der Waals surface area contributed by atoms with E-state index in [4.69, 9.17) is 5.73 Å². The maximum atomic E-state index is 11.3. The second-order valence-corrected chi connectivity index (χ2v) is 7.15. The number of primary amides is 1. The number of rotatable bonds is 8. The molecule has 2 aromatic carbocycles. The lowest BCUT2D eigenvalue weighted by Crippen LogP contribution is -2.45. The van der Waals surface area contributed by atoms with Gasteiger partial charge in [-0.2, -0.15) is 0 Å². The molecule has 0 saturated carbocycles. The van der Waals surface area contributed by atoms with Crippen LogP contribution >= 0.6 is 0 Å². The summed E-state index contributed by atoms with van der Waals surface area (Å²) in [5.41, 5.74) is 9.71. The highest BCUT2D eigenvalue weighted by Crippen LogP contribution is 2.14. The molecule has 0 spiro atoms. The first-order chi connectivity index (χ1) is 13.2. The number of hydrogen-bond donors (Lipinski definition) is 2. The van der Waals surface area contributed by atoms with E-state index in [1.165, 1.54) is 11.1 Å². The van der Waals surface area contributed by atoms with Crippen molar-refractivity contribution in [1.29, 1.82) is 0 Å². The summed E-state index contributed by atoms with van der Waals surface area (Å²) in [5.74, 6) is -0.384. The van der Waals surface area contributed by atoms with Gasteiger partial charge in [-0.3, -0.25) is 9.69 Å². The zero-order chi connectivity index (χ0) is 19.1. The minimum Gasteiger partial charge on any atom is -0.366 e. The molecular formula is C22H30N4O. The van der Waals surface area contributed by atoms with E-state index < -0.39 is 0 Å². The first-order valence-corrected chi connectivity index (χ1v) is 9.76. The van der Waals surface area contributed by atoms with E-state index in [0.717, 1.165) is 51.4 Å². The molecule has 1 saturated heterocycles. The van der Waals surface area contributed by atoms with Crippen LogP contribution in [0.5, 0.6) is 0 Å². The monoisotopic (exact) mass is 366 g/mol. The van der Waals surface area contributed by atoms with Crippen molar-refractivity contribution >= 4 is 5.91 Å². The number of amides is 1. The van der Waals surface area contributed by atoms with Crippen LogP contribution in [0.3, 0.4) is 0 Å². The molecule has 5 nitrogen and oxygen atoms in total. The number of likely N-dealkylation sites (N-methyl/N-ethyl adjacent to an activating group) is 1. The van der Waals surface area contributed by atoms with Crippen LogP contribution in [0.1, 0.15) is 34.0 Å². The molecule has 0 aliphatic carbocycles. The SMILES string of the molecule is CCN1CCN(Cc2ccccc2CNCc2cccc(C(N)=O)c2)CC1. The molecule has 1 fully saturated rings. The molecule has 0 atom stereocenters. The van der Waals surface area contributed by atoms with Gasteiger partial charge in [0, 0.05) is 51.4 Å². The number of benzene rings is 2. The molecule has 3 rings (SSSR count). The number of nitrogens with zero attached hydrogens (tertiary/aromatic N) is 2. The van der Waals surface area contributed by atoms with E-state index >= 15 is 0 Å². The normalized spacial score (nSPS) is 15.7. The van der Waals surface area contributed by atoms with Crippen molar-refractivity contribution in [3.8, 4) is 0 Å². The second-order valence-electron chi connectivity index (χ2n) is 7.15. The van der Waals surface area contributed by atoms with E-state index in [-0.39, 0.29) is 5.91 Å². The Balaban J connectivity index is 1.55. The molecule has 1 amide bonds. The lowest BCUT2D eigenvalue weighted by atomic mass is 10.1. The molecule has 5 heteroatoms. The highest BCUT2D eigenvalue weighted by Gasteiger charge is 2.16. The van der Waals surface area contributed by atoms with Crippen molar-refractivity contribution in [3.05, 3.63) is 70.8 Å². The molecule has 0 radical (unpaired) electrons. The predicted molar refractivity (Wildman–Crippen MR) is 109 cm³/mol. The third kappa shape index (κ3) is 5.63. The summed E-state index contributed by atoms with van der Waals surface area (Å²) in [6.07, 6.45) is 0. The Morgan fingerprint density at radius 2 is 1.67 bits per heavy atom. The van der Waals surface area contributed by atoms with Crippen LogP contribution in [0.25, 0.3) is 0 Å². The largest absolute Gasteiger partial charge is 0.366 e. The van der Waals surface area contributed by atoms with Gasteiger partial charge in [0.15, 0.2) is 0 Å². The van der Waals surface area contributed by atoms with Crippen LogP contribution in [0.4, 0.5) is 0 Å². The minimum atomic E-state index is -0.384. The average molecular weight is 367 g/mol. The van der Waals surface area contributed by atoms with Crippen molar-refractivity contribution in [3.63, 3.8) is 0 Å². The van der Waals surface area contributed by atoms with E-state index in [1.807, 2.05) is 18.2 Å². The fourth-order valence-corrected chi connectivity index (χ4v) is 3.56. The van der Waals surface area contributed by atoms with Crippen molar-refractivity contribution < 1.29 is 4.79 Å². The van der Waals surface area contributed by atoms with E-state index in [2.05, 4.69) is 46.3 Å². The smallest absolute Gasteiger partial charge is 0.248 e. The zero-order valence-corrected chi connectivity index (χ0v) is 16.2. The first-order valence-electron chi connectivity index (χ1n) is 9.76. The Bertz CT molecular complexity index is 753. The summed E-state index contributed by atoms with van der Waals surface area (Å²) in [7, 11) is 0. The average Bonchev–Trinajstić information content (AvgIpc) is 2.70. The van der Waals surface area contributed by atoms with Gasteiger partial charge in [0.2, 0.25) is 5.91 Å². The van der Waals surface area contributed by atoms with Crippen molar-refractivity contribution in [2.24, 2.45) is 5.73 Å². The Labute approximate surface area is 162 Å². The summed E-state index contributed by atoms with van der Waals surface area (Å²) in [6.45, 7) is 10.5. The second kappa shape index (κ2) is 9.65. The van der Waals surface area contributed by atoms with Gasteiger partial charge < -0.3 is 16.0 Å². The maximum Gasteiger partial charge on any atom is 0.248 e. The number of piperazine rings is 1. The molecule has 1 heterocycles. The third-order valence-corrected chi connectivity index (χ3v) is 5.28. The minimum absolute atomic E-state index is 0.384. The van der Waals surface area contributed by atoms with E-state index in [1.54, 1.807) is 6.07 Å². The van der Waals surface area contributed by atoms with Crippen LogP contribution in [0.2, 0.25) is 0 Å².